The fourth-order valence-electron chi connectivity index (χ4n) is 6.58. The number of allylic oxidation sites excluding steroid dienone is 2. The zero-order valence-corrected chi connectivity index (χ0v) is 25.9. The lowest BCUT2D eigenvalue weighted by Gasteiger charge is -2.26. The number of anilines is 4. The Morgan fingerprint density at radius 3 is 2.09 bits per heavy atom. The van der Waals surface area contributed by atoms with Crippen LogP contribution in [-0.2, 0) is 0 Å². The summed E-state index contributed by atoms with van der Waals surface area (Å²) in [5.74, 6) is 2.70. The number of nitrogens with one attached hydrogen (secondary N) is 1. The van der Waals surface area contributed by atoms with Crippen LogP contribution in [0.2, 0.25) is 0 Å². The van der Waals surface area contributed by atoms with E-state index in [0.717, 1.165) is 41.7 Å². The molecule has 1 aromatic heterocycles. The minimum Gasteiger partial charge on any atom is -0.457 e. The first kappa shape index (κ1) is 27.2. The summed E-state index contributed by atoms with van der Waals surface area (Å²) < 4.78 is 8.93. The Morgan fingerprint density at radius 2 is 1.29 bits per heavy atom. The minimum absolute atomic E-state index is 0.0688. The number of aromatic nitrogens is 1. The van der Waals surface area contributed by atoms with Gasteiger partial charge in [-0.05, 0) is 71.7 Å². The third kappa shape index (κ3) is 4.81. The second-order valence-corrected chi connectivity index (χ2v) is 12.8. The van der Waals surface area contributed by atoms with Crippen LogP contribution in [0.3, 0.4) is 0 Å². The normalized spacial score (nSPS) is 14.7. The number of para-hydroxylation sites is 4. The molecule has 5 aromatic carbocycles. The summed E-state index contributed by atoms with van der Waals surface area (Å²) >= 11 is 0. The van der Waals surface area contributed by atoms with Crippen molar-refractivity contribution in [3.8, 4) is 11.5 Å². The number of nitrogens with zero attached hydrogens (tertiary/aromatic N) is 3. The summed E-state index contributed by atoms with van der Waals surface area (Å²) in [6.07, 6.45) is 4.58. The molecule has 0 atom stereocenters. The molecule has 0 saturated heterocycles. The van der Waals surface area contributed by atoms with Gasteiger partial charge in [0.1, 0.15) is 24.0 Å². The molecule has 0 radical (unpaired) electrons. The number of fused-ring (bicyclic) bond motifs is 4. The zero-order valence-electron chi connectivity index (χ0n) is 25.9. The lowest BCUT2D eigenvalue weighted by molar-refractivity contribution is 0.483. The monoisotopic (exact) mass is 588 g/mol. The average Bonchev–Trinajstić information content (AvgIpc) is 3.61. The van der Waals surface area contributed by atoms with Crippen LogP contribution in [-0.4, -0.2) is 17.8 Å². The Kier molecular flexibility index (Phi) is 6.42. The van der Waals surface area contributed by atoms with Crippen LogP contribution in [0.25, 0.3) is 27.6 Å². The van der Waals surface area contributed by atoms with Gasteiger partial charge in [0.25, 0.3) is 0 Å². The minimum atomic E-state index is 0.0688. The van der Waals surface area contributed by atoms with Crippen LogP contribution >= 0.6 is 0 Å². The van der Waals surface area contributed by atoms with Gasteiger partial charge in [0.15, 0.2) is 0 Å². The number of dihydropyridines is 1. The number of rotatable bonds is 5. The van der Waals surface area contributed by atoms with Crippen LogP contribution in [0, 0.1) is 5.41 Å². The number of benzene rings is 5. The highest BCUT2D eigenvalue weighted by Crippen LogP contribution is 2.45. The van der Waals surface area contributed by atoms with E-state index in [9.17, 15) is 0 Å². The van der Waals surface area contributed by atoms with E-state index in [1.165, 1.54) is 38.9 Å². The number of hydrogen-bond donors (Lipinski definition) is 1. The third-order valence-electron chi connectivity index (χ3n) is 8.83. The Hall–Kier alpha value is -5.42. The van der Waals surface area contributed by atoms with Crippen molar-refractivity contribution >= 4 is 50.4 Å². The molecule has 1 N–H and O–H groups in total. The number of ether oxygens (including phenoxy) is 1. The fraction of sp³-hybridized carbons (Fsp3) is 0.150. The van der Waals surface area contributed by atoms with Gasteiger partial charge in [-0.25, -0.2) is 0 Å². The molecular formula is C40H36N4O. The second kappa shape index (κ2) is 10.6. The average molecular weight is 589 g/mol. The van der Waals surface area contributed by atoms with Gasteiger partial charge in [-0.3, -0.25) is 4.57 Å². The van der Waals surface area contributed by atoms with Crippen molar-refractivity contribution in [3.63, 3.8) is 0 Å². The van der Waals surface area contributed by atoms with Crippen molar-refractivity contribution in [2.75, 3.05) is 23.0 Å². The first-order valence-electron chi connectivity index (χ1n) is 15.6. The van der Waals surface area contributed by atoms with Crippen molar-refractivity contribution in [2.45, 2.75) is 20.8 Å². The Balaban J connectivity index is 1.16. The molecule has 0 aliphatic carbocycles. The summed E-state index contributed by atoms with van der Waals surface area (Å²) in [7, 11) is 0. The van der Waals surface area contributed by atoms with E-state index in [1.54, 1.807) is 0 Å². The Bertz CT molecular complexity index is 2120. The van der Waals surface area contributed by atoms with Crippen LogP contribution in [0.15, 0.2) is 139 Å². The standard InChI is InChI=1S/C40H36N4O/c1-40(2,3)28-22-23-41-39(24-28)44-35-17-8-7-16-33(35)34-21-20-32(26-38(34)44)45-31-15-11-14-30(25-31)43-27-42(29-12-5-4-6-13-29)36-18-9-10-19-37(36)43/h4-22,24-26,41H,23,27H2,1-3H3. The molecule has 0 unspecified atom stereocenters. The van der Waals surface area contributed by atoms with E-state index in [1.807, 2.05) is 6.07 Å². The lowest BCUT2D eigenvalue weighted by atomic mass is 9.85. The maximum Gasteiger partial charge on any atom is 0.129 e. The molecule has 5 heteroatoms. The van der Waals surface area contributed by atoms with Crippen LogP contribution in [0.1, 0.15) is 20.8 Å². The molecule has 2 aliphatic rings. The van der Waals surface area contributed by atoms with E-state index < -0.39 is 0 Å². The van der Waals surface area contributed by atoms with Gasteiger partial charge in [-0.2, -0.15) is 0 Å². The van der Waals surface area contributed by atoms with Crippen LogP contribution < -0.4 is 19.9 Å². The topological polar surface area (TPSA) is 32.7 Å². The van der Waals surface area contributed by atoms with Gasteiger partial charge in [-0.15, -0.1) is 0 Å². The van der Waals surface area contributed by atoms with Gasteiger partial charge >= 0.3 is 0 Å². The molecule has 0 fully saturated rings. The number of hydrogen-bond acceptors (Lipinski definition) is 4. The Labute approximate surface area is 264 Å². The quantitative estimate of drug-likeness (QED) is 0.217. The molecule has 0 spiro atoms. The third-order valence-corrected chi connectivity index (χ3v) is 8.83. The zero-order chi connectivity index (χ0) is 30.5. The van der Waals surface area contributed by atoms with Crippen molar-refractivity contribution in [2.24, 2.45) is 5.41 Å². The molecule has 8 rings (SSSR count). The maximum atomic E-state index is 6.60. The second-order valence-electron chi connectivity index (χ2n) is 12.8. The van der Waals surface area contributed by atoms with Gasteiger partial charge < -0.3 is 19.9 Å². The molecule has 2 aliphatic heterocycles. The first-order valence-corrected chi connectivity index (χ1v) is 15.6. The summed E-state index contributed by atoms with van der Waals surface area (Å²) in [5, 5.41) is 6.07. The van der Waals surface area contributed by atoms with Gasteiger partial charge in [0, 0.05) is 40.8 Å². The molecule has 6 aromatic rings. The van der Waals surface area contributed by atoms with E-state index in [2.05, 4.69) is 168 Å². The summed E-state index contributed by atoms with van der Waals surface area (Å²) in [6, 6.07) is 42.6. The predicted octanol–water partition coefficient (Wildman–Crippen LogP) is 10.2. The summed E-state index contributed by atoms with van der Waals surface area (Å²) in [4.78, 5) is 4.70. The van der Waals surface area contributed by atoms with E-state index in [4.69, 9.17) is 4.74 Å². The van der Waals surface area contributed by atoms with E-state index >= 15 is 0 Å². The molecular weight excluding hydrogens is 552 g/mol. The molecule has 0 amide bonds. The van der Waals surface area contributed by atoms with Gasteiger partial charge in [-0.1, -0.05) is 81.4 Å². The molecule has 222 valence electrons. The summed E-state index contributed by atoms with van der Waals surface area (Å²) in [6.45, 7) is 8.33. The molecule has 5 nitrogen and oxygen atoms in total. The highest BCUT2D eigenvalue weighted by molar-refractivity contribution is 6.10. The van der Waals surface area contributed by atoms with Crippen molar-refractivity contribution in [1.82, 2.24) is 9.88 Å². The first-order chi connectivity index (χ1) is 21.9. The molecule has 0 saturated carbocycles. The molecule has 3 heterocycles. The SMILES string of the molecule is CC(C)(C)C1=CCNC(n2c3ccccc3c3ccc(Oc4cccc(N5CN(c6ccccc6)c6ccccc65)c4)cc32)=C1. The predicted molar refractivity (Wildman–Crippen MR) is 188 cm³/mol. The van der Waals surface area contributed by atoms with E-state index in [-0.39, 0.29) is 5.41 Å². The largest absolute Gasteiger partial charge is 0.457 e. The van der Waals surface area contributed by atoms with Crippen molar-refractivity contribution < 1.29 is 4.74 Å². The smallest absolute Gasteiger partial charge is 0.129 e. The maximum absolute atomic E-state index is 6.60. The van der Waals surface area contributed by atoms with Gasteiger partial charge in [0.05, 0.1) is 22.4 Å². The molecule has 0 bridgehead atoms. The highest BCUT2D eigenvalue weighted by atomic mass is 16.5. The Morgan fingerprint density at radius 1 is 0.622 bits per heavy atom. The summed E-state index contributed by atoms with van der Waals surface area (Å²) in [5.41, 5.74) is 8.34. The fourth-order valence-corrected chi connectivity index (χ4v) is 6.58. The highest BCUT2D eigenvalue weighted by Gasteiger charge is 2.28. The van der Waals surface area contributed by atoms with Crippen LogP contribution in [0.4, 0.5) is 22.7 Å². The lowest BCUT2D eigenvalue weighted by Crippen LogP contribution is -2.24. The van der Waals surface area contributed by atoms with Crippen molar-refractivity contribution in [1.29, 1.82) is 0 Å². The van der Waals surface area contributed by atoms with E-state index in [0.29, 0.717) is 0 Å². The van der Waals surface area contributed by atoms with Gasteiger partial charge in [0.2, 0.25) is 0 Å². The van der Waals surface area contributed by atoms with Crippen LogP contribution in [0.5, 0.6) is 11.5 Å². The molecule has 45 heavy (non-hydrogen) atoms. The van der Waals surface area contributed by atoms with Crippen molar-refractivity contribution in [3.05, 3.63) is 139 Å².